The summed E-state index contributed by atoms with van der Waals surface area (Å²) in [7, 11) is 0. The summed E-state index contributed by atoms with van der Waals surface area (Å²) in [5.41, 5.74) is 3.77. The summed E-state index contributed by atoms with van der Waals surface area (Å²) >= 11 is 0. The Kier molecular flexibility index (Phi) is 4.56. The zero-order chi connectivity index (χ0) is 13.7. The number of pyridine rings is 1. The molecule has 0 aliphatic rings. The summed E-state index contributed by atoms with van der Waals surface area (Å²) in [5.74, 6) is 1.53. The van der Waals surface area contributed by atoms with Gasteiger partial charge in [0, 0.05) is 18.8 Å². The van der Waals surface area contributed by atoms with Gasteiger partial charge in [-0.25, -0.2) is 0 Å². The molecule has 1 heterocycles. The van der Waals surface area contributed by atoms with Gasteiger partial charge in [0.15, 0.2) is 0 Å². The van der Waals surface area contributed by atoms with Crippen LogP contribution in [-0.2, 0) is 6.42 Å². The zero-order valence-electron chi connectivity index (χ0n) is 11.9. The number of aryl methyl sites for hydroxylation is 1. The molecule has 1 aromatic carbocycles. The van der Waals surface area contributed by atoms with Gasteiger partial charge in [-0.1, -0.05) is 26.0 Å². The molecule has 0 saturated carbocycles. The maximum Gasteiger partial charge on any atom is 0.122 e. The summed E-state index contributed by atoms with van der Waals surface area (Å²) in [6, 6.07) is 10.5. The number of aromatic nitrogens is 1. The average Bonchev–Trinajstić information content (AvgIpc) is 2.42. The van der Waals surface area contributed by atoms with E-state index in [-0.39, 0.29) is 0 Å². The molecule has 0 spiro atoms. The SMILES string of the molecule is Cc1ccc(C(C)C)cc1OCCc1ccncc1. The lowest BCUT2D eigenvalue weighted by Gasteiger charge is -2.12. The van der Waals surface area contributed by atoms with Crippen LogP contribution in [0.4, 0.5) is 0 Å². The molecule has 2 heteroatoms. The molecule has 2 rings (SSSR count). The zero-order valence-corrected chi connectivity index (χ0v) is 11.9. The Balaban J connectivity index is 1.97. The highest BCUT2D eigenvalue weighted by atomic mass is 16.5. The predicted molar refractivity (Wildman–Crippen MR) is 78.7 cm³/mol. The van der Waals surface area contributed by atoms with Crippen molar-refractivity contribution in [2.45, 2.75) is 33.1 Å². The first-order chi connectivity index (χ1) is 9.16. The van der Waals surface area contributed by atoms with Crippen molar-refractivity contribution in [3.63, 3.8) is 0 Å². The fraction of sp³-hybridized carbons (Fsp3) is 0.353. The lowest BCUT2D eigenvalue weighted by atomic mass is 10.0. The molecular weight excluding hydrogens is 234 g/mol. The molecule has 0 bridgehead atoms. The Morgan fingerprint density at radius 3 is 2.53 bits per heavy atom. The molecule has 2 aromatic rings. The molecule has 100 valence electrons. The molecule has 0 aliphatic heterocycles. The van der Waals surface area contributed by atoms with Crippen molar-refractivity contribution in [1.82, 2.24) is 4.98 Å². The van der Waals surface area contributed by atoms with E-state index in [1.54, 1.807) is 0 Å². The van der Waals surface area contributed by atoms with Gasteiger partial charge in [-0.15, -0.1) is 0 Å². The highest BCUT2D eigenvalue weighted by Gasteiger charge is 2.04. The van der Waals surface area contributed by atoms with Gasteiger partial charge in [-0.05, 0) is 47.7 Å². The highest BCUT2D eigenvalue weighted by molar-refractivity contribution is 5.37. The van der Waals surface area contributed by atoms with Crippen molar-refractivity contribution in [2.24, 2.45) is 0 Å². The second-order valence-electron chi connectivity index (χ2n) is 5.13. The van der Waals surface area contributed by atoms with Crippen LogP contribution in [0.3, 0.4) is 0 Å². The van der Waals surface area contributed by atoms with Crippen LogP contribution in [0.15, 0.2) is 42.7 Å². The minimum absolute atomic E-state index is 0.531. The molecular formula is C17H21NO. The fourth-order valence-electron chi connectivity index (χ4n) is 1.96. The van der Waals surface area contributed by atoms with Crippen LogP contribution >= 0.6 is 0 Å². The van der Waals surface area contributed by atoms with Gasteiger partial charge in [-0.3, -0.25) is 4.98 Å². The van der Waals surface area contributed by atoms with Crippen molar-refractivity contribution >= 4 is 0 Å². The molecule has 0 aliphatic carbocycles. The van der Waals surface area contributed by atoms with Crippen molar-refractivity contribution in [3.05, 3.63) is 59.4 Å². The largest absolute Gasteiger partial charge is 0.493 e. The summed E-state index contributed by atoms with van der Waals surface area (Å²) < 4.78 is 5.91. The Bertz CT molecular complexity index is 520. The molecule has 0 fully saturated rings. The normalized spacial score (nSPS) is 10.7. The average molecular weight is 255 g/mol. The Morgan fingerprint density at radius 1 is 1.11 bits per heavy atom. The summed E-state index contributed by atoms with van der Waals surface area (Å²) in [4.78, 5) is 4.02. The molecule has 0 saturated heterocycles. The van der Waals surface area contributed by atoms with Crippen molar-refractivity contribution in [2.75, 3.05) is 6.61 Å². The molecule has 2 nitrogen and oxygen atoms in total. The molecule has 0 amide bonds. The van der Waals surface area contributed by atoms with Crippen LogP contribution in [0.1, 0.15) is 36.5 Å². The maximum atomic E-state index is 5.91. The molecule has 0 unspecified atom stereocenters. The van der Waals surface area contributed by atoms with E-state index in [2.05, 4.69) is 44.0 Å². The van der Waals surface area contributed by atoms with E-state index in [1.165, 1.54) is 16.7 Å². The molecule has 0 radical (unpaired) electrons. The number of hydrogen-bond acceptors (Lipinski definition) is 2. The second kappa shape index (κ2) is 6.37. The quantitative estimate of drug-likeness (QED) is 0.801. The van der Waals surface area contributed by atoms with E-state index >= 15 is 0 Å². The molecule has 0 atom stereocenters. The van der Waals surface area contributed by atoms with Crippen molar-refractivity contribution < 1.29 is 4.74 Å². The van der Waals surface area contributed by atoms with Crippen LogP contribution in [0.25, 0.3) is 0 Å². The van der Waals surface area contributed by atoms with Crippen molar-refractivity contribution in [3.8, 4) is 5.75 Å². The molecule has 1 aromatic heterocycles. The highest BCUT2D eigenvalue weighted by Crippen LogP contribution is 2.24. The van der Waals surface area contributed by atoms with E-state index in [0.717, 1.165) is 12.2 Å². The van der Waals surface area contributed by atoms with Crippen LogP contribution < -0.4 is 4.74 Å². The van der Waals surface area contributed by atoms with Crippen LogP contribution in [0.2, 0.25) is 0 Å². The van der Waals surface area contributed by atoms with Gasteiger partial charge >= 0.3 is 0 Å². The number of benzene rings is 1. The first-order valence-corrected chi connectivity index (χ1v) is 6.79. The third-order valence-electron chi connectivity index (χ3n) is 3.28. The smallest absolute Gasteiger partial charge is 0.122 e. The van der Waals surface area contributed by atoms with Crippen molar-refractivity contribution in [1.29, 1.82) is 0 Å². The number of hydrogen-bond donors (Lipinski definition) is 0. The fourth-order valence-corrected chi connectivity index (χ4v) is 1.96. The van der Waals surface area contributed by atoms with Gasteiger partial charge in [-0.2, -0.15) is 0 Å². The Labute approximate surface area is 115 Å². The Morgan fingerprint density at radius 2 is 1.84 bits per heavy atom. The van der Waals surface area contributed by atoms with Crippen LogP contribution in [0.5, 0.6) is 5.75 Å². The van der Waals surface area contributed by atoms with Gasteiger partial charge in [0.2, 0.25) is 0 Å². The Hall–Kier alpha value is -1.83. The van der Waals surface area contributed by atoms with Gasteiger partial charge in [0.05, 0.1) is 6.61 Å². The lowest BCUT2D eigenvalue weighted by molar-refractivity contribution is 0.319. The summed E-state index contributed by atoms with van der Waals surface area (Å²) in [5, 5.41) is 0. The third-order valence-corrected chi connectivity index (χ3v) is 3.28. The third kappa shape index (κ3) is 3.82. The predicted octanol–water partition coefficient (Wildman–Crippen LogP) is 4.13. The first-order valence-electron chi connectivity index (χ1n) is 6.79. The first kappa shape index (κ1) is 13.6. The van der Waals surface area contributed by atoms with Crippen LogP contribution in [-0.4, -0.2) is 11.6 Å². The summed E-state index contributed by atoms with van der Waals surface area (Å²) in [6.45, 7) is 7.19. The standard InChI is InChI=1S/C17H21NO/c1-13(2)16-5-4-14(3)17(12-16)19-11-8-15-6-9-18-10-7-15/h4-7,9-10,12-13H,8,11H2,1-3H3. The maximum absolute atomic E-state index is 5.91. The van der Waals surface area contributed by atoms with Gasteiger partial charge in [0.25, 0.3) is 0 Å². The van der Waals surface area contributed by atoms with E-state index in [0.29, 0.717) is 12.5 Å². The molecule has 19 heavy (non-hydrogen) atoms. The van der Waals surface area contributed by atoms with Crippen LogP contribution in [0, 0.1) is 6.92 Å². The minimum Gasteiger partial charge on any atom is -0.493 e. The second-order valence-corrected chi connectivity index (χ2v) is 5.13. The van der Waals surface area contributed by atoms with E-state index in [1.807, 2.05) is 24.5 Å². The lowest BCUT2D eigenvalue weighted by Crippen LogP contribution is -2.03. The summed E-state index contributed by atoms with van der Waals surface area (Å²) in [6.07, 6.45) is 4.55. The van der Waals surface area contributed by atoms with E-state index in [9.17, 15) is 0 Å². The van der Waals surface area contributed by atoms with E-state index < -0.39 is 0 Å². The number of nitrogens with zero attached hydrogens (tertiary/aromatic N) is 1. The van der Waals surface area contributed by atoms with Gasteiger partial charge in [0.1, 0.15) is 5.75 Å². The van der Waals surface area contributed by atoms with E-state index in [4.69, 9.17) is 4.74 Å². The monoisotopic (exact) mass is 255 g/mol. The number of ether oxygens (including phenoxy) is 1. The minimum atomic E-state index is 0.531. The molecule has 0 N–H and O–H groups in total. The number of rotatable bonds is 5. The van der Waals surface area contributed by atoms with Gasteiger partial charge < -0.3 is 4.74 Å². The topological polar surface area (TPSA) is 22.1 Å².